The van der Waals surface area contributed by atoms with Gasteiger partial charge < -0.3 is 10.2 Å². The Labute approximate surface area is 181 Å². The van der Waals surface area contributed by atoms with Crippen LogP contribution < -0.4 is 5.32 Å². The van der Waals surface area contributed by atoms with Gasteiger partial charge in [0.15, 0.2) is 0 Å². The van der Waals surface area contributed by atoms with Crippen LogP contribution in [0.3, 0.4) is 0 Å². The number of nitrogens with one attached hydrogen (secondary N) is 1. The molecule has 0 bridgehead atoms. The molecule has 4 rings (SSSR count). The number of urea groups is 1. The Bertz CT molecular complexity index is 951. The van der Waals surface area contributed by atoms with Crippen molar-refractivity contribution in [1.29, 1.82) is 0 Å². The van der Waals surface area contributed by atoms with Crippen molar-refractivity contribution < 1.29 is 9.59 Å². The van der Waals surface area contributed by atoms with Crippen LogP contribution in [-0.2, 0) is 17.9 Å². The Kier molecular flexibility index (Phi) is 6.03. The van der Waals surface area contributed by atoms with Crippen LogP contribution >= 0.6 is 12.6 Å². The van der Waals surface area contributed by atoms with Gasteiger partial charge in [-0.15, -0.1) is 0 Å². The summed E-state index contributed by atoms with van der Waals surface area (Å²) in [5, 5.41) is 9.11. The molecule has 156 valence electrons. The highest BCUT2D eigenvalue weighted by Crippen LogP contribution is 2.24. The van der Waals surface area contributed by atoms with E-state index in [1.54, 1.807) is 16.1 Å². The minimum absolute atomic E-state index is 0.0544. The zero-order valence-corrected chi connectivity index (χ0v) is 17.8. The smallest absolute Gasteiger partial charge is 0.316 e. The number of hydrogen-bond acceptors (Lipinski definition) is 5. The van der Waals surface area contributed by atoms with Gasteiger partial charge in [0.1, 0.15) is 0 Å². The molecule has 0 saturated carbocycles. The summed E-state index contributed by atoms with van der Waals surface area (Å²) in [5.74, 6) is 0.831. The van der Waals surface area contributed by atoms with E-state index in [1.807, 2.05) is 43.5 Å². The van der Waals surface area contributed by atoms with E-state index < -0.39 is 0 Å². The second-order valence-electron chi connectivity index (χ2n) is 7.69. The van der Waals surface area contributed by atoms with E-state index in [1.165, 1.54) is 0 Å². The zero-order valence-electron chi connectivity index (χ0n) is 16.9. The van der Waals surface area contributed by atoms with Gasteiger partial charge in [-0.25, -0.2) is 9.80 Å². The van der Waals surface area contributed by atoms with Crippen molar-refractivity contribution in [3.63, 3.8) is 0 Å². The van der Waals surface area contributed by atoms with Gasteiger partial charge in [-0.2, -0.15) is 17.7 Å². The van der Waals surface area contributed by atoms with Gasteiger partial charge in [0.05, 0.1) is 5.71 Å². The summed E-state index contributed by atoms with van der Waals surface area (Å²) in [5.41, 5.74) is 4.81. The Morgan fingerprint density at radius 3 is 2.70 bits per heavy atom. The van der Waals surface area contributed by atoms with E-state index in [0.717, 1.165) is 40.3 Å². The summed E-state index contributed by atoms with van der Waals surface area (Å²) in [4.78, 5) is 30.7. The molecule has 0 aliphatic carbocycles. The minimum Gasteiger partial charge on any atom is -0.316 e. The molecule has 7 nitrogen and oxygen atoms in total. The maximum absolute atomic E-state index is 12.6. The lowest BCUT2D eigenvalue weighted by atomic mass is 9.93. The van der Waals surface area contributed by atoms with Crippen molar-refractivity contribution in [2.75, 3.05) is 17.6 Å². The molecule has 3 heterocycles. The van der Waals surface area contributed by atoms with Gasteiger partial charge in [-0.1, -0.05) is 19.1 Å². The summed E-state index contributed by atoms with van der Waals surface area (Å²) in [6, 6.07) is 9.46. The number of anilines is 1. The predicted molar refractivity (Wildman–Crippen MR) is 119 cm³/mol. The molecule has 1 aromatic carbocycles. The molecular weight excluding hydrogens is 398 g/mol. The molecule has 1 atom stereocenters. The standard InChI is InChI=1S/C22H25N5O2S/c1-15-11-20(28)27(9-2-10-30)25-21(15)16-3-5-19(6-4-16)24-22(29)26-13-17-7-8-23-12-18(17)14-26/h3-8,12,15,30H,2,9-11,13-14H2,1H3,(H,24,29). The molecule has 0 fully saturated rings. The third kappa shape index (κ3) is 4.33. The number of nitrogens with zero attached hydrogens (tertiary/aromatic N) is 4. The van der Waals surface area contributed by atoms with Crippen LogP contribution in [0.1, 0.15) is 36.5 Å². The van der Waals surface area contributed by atoms with Crippen LogP contribution in [0.5, 0.6) is 0 Å². The van der Waals surface area contributed by atoms with Gasteiger partial charge in [0.2, 0.25) is 5.91 Å². The number of amides is 3. The van der Waals surface area contributed by atoms with Crippen molar-refractivity contribution in [2.24, 2.45) is 11.0 Å². The SMILES string of the molecule is CC1CC(=O)N(CCCS)N=C1c1ccc(NC(=O)N2Cc3ccncc3C2)cc1. The number of carbonyl (C=O) groups excluding carboxylic acids is 2. The first-order valence-corrected chi connectivity index (χ1v) is 10.8. The molecular formula is C22H25N5O2S. The molecule has 2 aliphatic rings. The second-order valence-corrected chi connectivity index (χ2v) is 8.14. The number of hydrazone groups is 1. The molecule has 1 N–H and O–H groups in total. The number of hydrogen-bond donors (Lipinski definition) is 2. The summed E-state index contributed by atoms with van der Waals surface area (Å²) in [6.45, 7) is 3.76. The number of carbonyl (C=O) groups is 2. The largest absolute Gasteiger partial charge is 0.322 e. The number of rotatable bonds is 5. The maximum Gasteiger partial charge on any atom is 0.322 e. The Morgan fingerprint density at radius 1 is 1.20 bits per heavy atom. The molecule has 2 aromatic rings. The van der Waals surface area contributed by atoms with E-state index in [4.69, 9.17) is 0 Å². The maximum atomic E-state index is 12.6. The van der Waals surface area contributed by atoms with Crippen LogP contribution in [0.25, 0.3) is 0 Å². The molecule has 0 radical (unpaired) electrons. The summed E-state index contributed by atoms with van der Waals surface area (Å²) in [7, 11) is 0. The third-order valence-electron chi connectivity index (χ3n) is 5.44. The highest BCUT2D eigenvalue weighted by molar-refractivity contribution is 7.80. The predicted octanol–water partition coefficient (Wildman–Crippen LogP) is 3.52. The van der Waals surface area contributed by atoms with Crippen LogP contribution in [0.2, 0.25) is 0 Å². The van der Waals surface area contributed by atoms with E-state index in [0.29, 0.717) is 26.1 Å². The van der Waals surface area contributed by atoms with Crippen molar-refractivity contribution >= 4 is 36.0 Å². The van der Waals surface area contributed by atoms with E-state index in [2.05, 4.69) is 28.0 Å². The molecule has 0 saturated heterocycles. The normalized spacial score (nSPS) is 18.3. The molecule has 1 unspecified atom stereocenters. The Hall–Kier alpha value is -2.87. The first kappa shape index (κ1) is 20.4. The molecule has 3 amide bonds. The van der Waals surface area contributed by atoms with Crippen molar-refractivity contribution in [1.82, 2.24) is 14.9 Å². The summed E-state index contributed by atoms with van der Waals surface area (Å²) >= 11 is 4.22. The lowest BCUT2D eigenvalue weighted by molar-refractivity contribution is -0.132. The van der Waals surface area contributed by atoms with Gasteiger partial charge >= 0.3 is 6.03 Å². The number of fused-ring (bicyclic) bond motifs is 1. The van der Waals surface area contributed by atoms with Crippen LogP contribution in [-0.4, -0.2) is 44.8 Å². The zero-order chi connectivity index (χ0) is 21.1. The number of thiol groups is 1. The number of aromatic nitrogens is 1. The highest BCUT2D eigenvalue weighted by atomic mass is 32.1. The van der Waals surface area contributed by atoms with E-state index in [-0.39, 0.29) is 17.9 Å². The average Bonchev–Trinajstić information content (AvgIpc) is 3.18. The van der Waals surface area contributed by atoms with Crippen molar-refractivity contribution in [3.8, 4) is 0 Å². The van der Waals surface area contributed by atoms with E-state index >= 15 is 0 Å². The quantitative estimate of drug-likeness (QED) is 0.723. The van der Waals surface area contributed by atoms with Gasteiger partial charge in [-0.05, 0) is 47.1 Å². The number of pyridine rings is 1. The van der Waals surface area contributed by atoms with Gasteiger partial charge in [0, 0.05) is 50.1 Å². The molecule has 2 aliphatic heterocycles. The Balaban J connectivity index is 1.42. The van der Waals surface area contributed by atoms with Crippen LogP contribution in [0.15, 0.2) is 47.8 Å². The van der Waals surface area contributed by atoms with Crippen molar-refractivity contribution in [3.05, 3.63) is 59.4 Å². The topological polar surface area (TPSA) is 77.9 Å². The fourth-order valence-electron chi connectivity index (χ4n) is 3.78. The third-order valence-corrected chi connectivity index (χ3v) is 5.75. The van der Waals surface area contributed by atoms with Crippen molar-refractivity contribution in [2.45, 2.75) is 32.9 Å². The molecule has 8 heteroatoms. The fraction of sp³-hybridized carbons (Fsp3) is 0.364. The summed E-state index contributed by atoms with van der Waals surface area (Å²) in [6.07, 6.45) is 4.82. The molecule has 1 aromatic heterocycles. The average molecular weight is 424 g/mol. The first-order valence-electron chi connectivity index (χ1n) is 10.1. The van der Waals surface area contributed by atoms with E-state index in [9.17, 15) is 9.59 Å². The molecule has 0 spiro atoms. The van der Waals surface area contributed by atoms with Gasteiger partial charge in [-0.3, -0.25) is 9.78 Å². The van der Waals surface area contributed by atoms with Crippen LogP contribution in [0, 0.1) is 5.92 Å². The minimum atomic E-state index is -0.133. The summed E-state index contributed by atoms with van der Waals surface area (Å²) < 4.78 is 0. The lowest BCUT2D eigenvalue weighted by Crippen LogP contribution is -2.37. The molecule has 30 heavy (non-hydrogen) atoms. The highest BCUT2D eigenvalue weighted by Gasteiger charge is 2.27. The lowest BCUT2D eigenvalue weighted by Gasteiger charge is -2.27. The monoisotopic (exact) mass is 423 g/mol. The number of benzene rings is 1. The van der Waals surface area contributed by atoms with Gasteiger partial charge in [0.25, 0.3) is 0 Å². The Morgan fingerprint density at radius 2 is 1.97 bits per heavy atom. The first-order chi connectivity index (χ1) is 14.5. The van der Waals surface area contributed by atoms with Crippen LogP contribution in [0.4, 0.5) is 10.5 Å². The fourth-order valence-corrected chi connectivity index (χ4v) is 3.92. The second kappa shape index (κ2) is 8.87.